The molecule has 0 aliphatic carbocycles. The molecule has 6 nitrogen and oxygen atoms in total. The molecule has 0 spiro atoms. The summed E-state index contributed by atoms with van der Waals surface area (Å²) < 4.78 is 5.45. The Labute approximate surface area is 151 Å². The Morgan fingerprint density at radius 1 is 1.15 bits per heavy atom. The van der Waals surface area contributed by atoms with E-state index in [2.05, 4.69) is 15.8 Å². The molecule has 0 radical (unpaired) electrons. The lowest BCUT2D eigenvalue weighted by molar-refractivity contribution is -0.122. The molecule has 2 amide bonds. The fraction of sp³-hybridized carbons (Fsp3) is 0.250. The van der Waals surface area contributed by atoms with Gasteiger partial charge in [0.05, 0.1) is 5.39 Å². The van der Waals surface area contributed by atoms with Gasteiger partial charge < -0.3 is 15.2 Å². The molecule has 0 aliphatic rings. The molecule has 2 N–H and O–H groups in total. The van der Waals surface area contributed by atoms with E-state index in [0.29, 0.717) is 23.4 Å². The summed E-state index contributed by atoms with van der Waals surface area (Å²) in [5.41, 5.74) is 2.02. The molecule has 0 bridgehead atoms. The fourth-order valence-electron chi connectivity index (χ4n) is 2.63. The van der Waals surface area contributed by atoms with Crippen LogP contribution in [0.2, 0.25) is 0 Å². The highest BCUT2D eigenvalue weighted by molar-refractivity contribution is 6.02. The summed E-state index contributed by atoms with van der Waals surface area (Å²) in [6.45, 7) is 4.23. The molecule has 1 aromatic heterocycles. The number of rotatable bonds is 6. The maximum atomic E-state index is 12.5. The zero-order chi connectivity index (χ0) is 18.5. The molecule has 1 heterocycles. The zero-order valence-corrected chi connectivity index (χ0v) is 14.8. The lowest BCUT2D eigenvalue weighted by Gasteiger charge is -2.13. The van der Waals surface area contributed by atoms with Crippen LogP contribution in [0.4, 0.5) is 0 Å². The van der Waals surface area contributed by atoms with Crippen molar-refractivity contribution in [3.8, 4) is 11.3 Å². The minimum atomic E-state index is -0.610. The molecule has 0 aliphatic heterocycles. The number of carbonyl (C=O) groups excluding carboxylic acids is 2. The third kappa shape index (κ3) is 3.74. The van der Waals surface area contributed by atoms with E-state index in [9.17, 15) is 9.59 Å². The van der Waals surface area contributed by atoms with Crippen molar-refractivity contribution in [2.24, 2.45) is 0 Å². The predicted molar refractivity (Wildman–Crippen MR) is 99.7 cm³/mol. The quantitative estimate of drug-likeness (QED) is 0.714. The van der Waals surface area contributed by atoms with E-state index in [1.807, 2.05) is 37.3 Å². The minimum Gasteiger partial charge on any atom is -0.355 e. The monoisotopic (exact) mass is 351 g/mol. The molecule has 0 saturated heterocycles. The van der Waals surface area contributed by atoms with E-state index in [1.165, 1.54) is 0 Å². The van der Waals surface area contributed by atoms with E-state index in [0.717, 1.165) is 17.4 Å². The van der Waals surface area contributed by atoms with Crippen molar-refractivity contribution in [2.45, 2.75) is 26.3 Å². The third-order valence-corrected chi connectivity index (χ3v) is 4.06. The summed E-state index contributed by atoms with van der Waals surface area (Å²) in [5.74, 6) is 0.103. The van der Waals surface area contributed by atoms with Gasteiger partial charge in [-0.1, -0.05) is 42.4 Å². The Balaban J connectivity index is 1.82. The molecule has 134 valence electrons. The largest absolute Gasteiger partial charge is 0.355 e. The highest BCUT2D eigenvalue weighted by Crippen LogP contribution is 2.29. The van der Waals surface area contributed by atoms with Crippen molar-refractivity contribution in [3.05, 3.63) is 54.1 Å². The molecule has 6 heteroatoms. The standard InChI is InChI=1S/C20H21N3O3/c1-3-11-21-19(24)13(2)22-20(25)15-9-10-17-16(12-15)18(26-23-17)14-7-5-4-6-8-14/h4-10,12-13H,3,11H2,1-2H3,(H,21,24)(H,22,25)/t13-/m0/s1. The van der Waals surface area contributed by atoms with Gasteiger partial charge in [-0.05, 0) is 31.5 Å². The highest BCUT2D eigenvalue weighted by atomic mass is 16.5. The number of nitrogens with one attached hydrogen (secondary N) is 2. The zero-order valence-electron chi connectivity index (χ0n) is 14.8. The molecule has 1 atom stereocenters. The van der Waals surface area contributed by atoms with Crippen LogP contribution >= 0.6 is 0 Å². The van der Waals surface area contributed by atoms with Crippen molar-refractivity contribution < 1.29 is 14.1 Å². The van der Waals surface area contributed by atoms with Gasteiger partial charge in [-0.25, -0.2) is 0 Å². The van der Waals surface area contributed by atoms with Crippen molar-refractivity contribution in [2.75, 3.05) is 6.54 Å². The SMILES string of the molecule is CCCNC(=O)[C@H](C)NC(=O)c1ccc2noc(-c3ccccc3)c2c1. The van der Waals surface area contributed by atoms with Crippen LogP contribution in [-0.2, 0) is 4.79 Å². The minimum absolute atomic E-state index is 0.198. The number of hydrogen-bond donors (Lipinski definition) is 2. The number of carbonyl (C=O) groups is 2. The Morgan fingerprint density at radius 3 is 2.65 bits per heavy atom. The van der Waals surface area contributed by atoms with E-state index in [4.69, 9.17) is 4.52 Å². The number of fused-ring (bicyclic) bond motifs is 1. The van der Waals surface area contributed by atoms with Gasteiger partial charge in [0.15, 0.2) is 5.76 Å². The third-order valence-electron chi connectivity index (χ3n) is 4.06. The smallest absolute Gasteiger partial charge is 0.251 e. The van der Waals surface area contributed by atoms with Crippen LogP contribution < -0.4 is 10.6 Å². The van der Waals surface area contributed by atoms with E-state index in [1.54, 1.807) is 25.1 Å². The number of nitrogens with zero attached hydrogens (tertiary/aromatic N) is 1. The van der Waals surface area contributed by atoms with Gasteiger partial charge in [-0.3, -0.25) is 9.59 Å². The highest BCUT2D eigenvalue weighted by Gasteiger charge is 2.18. The summed E-state index contributed by atoms with van der Waals surface area (Å²) in [5, 5.41) is 10.3. The van der Waals surface area contributed by atoms with Gasteiger partial charge in [0, 0.05) is 17.7 Å². The van der Waals surface area contributed by atoms with Crippen LogP contribution in [0.3, 0.4) is 0 Å². The normalized spacial score (nSPS) is 11.9. The van der Waals surface area contributed by atoms with Gasteiger partial charge in [-0.15, -0.1) is 0 Å². The molecule has 26 heavy (non-hydrogen) atoms. The molecule has 0 fully saturated rings. The molecular formula is C20H21N3O3. The number of benzene rings is 2. The molecule has 2 aromatic carbocycles. The van der Waals surface area contributed by atoms with Gasteiger partial charge >= 0.3 is 0 Å². The number of amides is 2. The summed E-state index contributed by atoms with van der Waals surface area (Å²) in [7, 11) is 0. The fourth-order valence-corrected chi connectivity index (χ4v) is 2.63. The van der Waals surface area contributed by atoms with Gasteiger partial charge in [0.1, 0.15) is 11.6 Å². The van der Waals surface area contributed by atoms with Crippen LogP contribution in [0.5, 0.6) is 0 Å². The van der Waals surface area contributed by atoms with Crippen molar-refractivity contribution in [1.29, 1.82) is 0 Å². The lowest BCUT2D eigenvalue weighted by atomic mass is 10.1. The molecular weight excluding hydrogens is 330 g/mol. The first-order chi connectivity index (χ1) is 12.6. The average Bonchev–Trinajstić information content (AvgIpc) is 3.09. The topological polar surface area (TPSA) is 84.2 Å². The summed E-state index contributed by atoms with van der Waals surface area (Å²) in [6, 6.07) is 14.1. The Hall–Kier alpha value is -3.15. The molecule has 0 saturated carbocycles. The van der Waals surface area contributed by atoms with Crippen LogP contribution in [0.25, 0.3) is 22.2 Å². The van der Waals surface area contributed by atoms with Crippen LogP contribution in [0.1, 0.15) is 30.6 Å². The predicted octanol–water partition coefficient (Wildman–Crippen LogP) is 3.14. The van der Waals surface area contributed by atoms with Crippen LogP contribution in [0, 0.1) is 0 Å². The van der Waals surface area contributed by atoms with Crippen molar-refractivity contribution >= 4 is 22.7 Å². The molecule has 0 unspecified atom stereocenters. The Kier molecular flexibility index (Phi) is 5.31. The van der Waals surface area contributed by atoms with Gasteiger partial charge in [0.25, 0.3) is 5.91 Å². The number of hydrogen-bond acceptors (Lipinski definition) is 4. The van der Waals surface area contributed by atoms with E-state index >= 15 is 0 Å². The van der Waals surface area contributed by atoms with Crippen molar-refractivity contribution in [1.82, 2.24) is 15.8 Å². The maximum Gasteiger partial charge on any atom is 0.251 e. The van der Waals surface area contributed by atoms with Gasteiger partial charge in [-0.2, -0.15) is 0 Å². The second kappa shape index (κ2) is 7.82. The lowest BCUT2D eigenvalue weighted by Crippen LogP contribution is -2.44. The Bertz CT molecular complexity index is 918. The number of aromatic nitrogens is 1. The van der Waals surface area contributed by atoms with Gasteiger partial charge in [0.2, 0.25) is 5.91 Å². The first-order valence-corrected chi connectivity index (χ1v) is 8.63. The molecule has 3 rings (SSSR count). The maximum absolute atomic E-state index is 12.5. The van der Waals surface area contributed by atoms with E-state index < -0.39 is 6.04 Å². The summed E-state index contributed by atoms with van der Waals surface area (Å²) >= 11 is 0. The Morgan fingerprint density at radius 2 is 1.92 bits per heavy atom. The van der Waals surface area contributed by atoms with Crippen LogP contribution in [0.15, 0.2) is 53.1 Å². The summed E-state index contributed by atoms with van der Waals surface area (Å²) in [6.07, 6.45) is 0.846. The second-order valence-corrected chi connectivity index (χ2v) is 6.10. The second-order valence-electron chi connectivity index (χ2n) is 6.10. The average molecular weight is 351 g/mol. The molecule has 3 aromatic rings. The first kappa shape index (κ1) is 17.7. The van der Waals surface area contributed by atoms with E-state index in [-0.39, 0.29) is 11.8 Å². The van der Waals surface area contributed by atoms with Crippen LogP contribution in [-0.4, -0.2) is 29.6 Å². The first-order valence-electron chi connectivity index (χ1n) is 8.63. The van der Waals surface area contributed by atoms with Crippen molar-refractivity contribution in [3.63, 3.8) is 0 Å². The summed E-state index contributed by atoms with van der Waals surface area (Å²) in [4.78, 5) is 24.4.